The molecule has 4 aromatic carbocycles. The number of nitrogens with one attached hydrogen (secondary N) is 1. The topological polar surface area (TPSA) is 119 Å². The second kappa shape index (κ2) is 9.38. The molecule has 0 aromatic heterocycles. The maximum absolute atomic E-state index is 13.1. The largest absolute Gasteiger partial charge is 0.457 e. The lowest BCUT2D eigenvalue weighted by atomic mass is 10.1. The van der Waals surface area contributed by atoms with E-state index in [0.29, 0.717) is 17.2 Å². The Morgan fingerprint density at radius 2 is 1.49 bits per heavy atom. The Bertz CT molecular complexity index is 1560. The summed E-state index contributed by atoms with van der Waals surface area (Å²) in [4.78, 5) is 50.2. The lowest BCUT2D eigenvalue weighted by Crippen LogP contribution is -2.29. The third-order valence-corrected chi connectivity index (χ3v) is 5.82. The highest BCUT2D eigenvalue weighted by Crippen LogP contribution is 2.32. The number of hydrogen-bond acceptors (Lipinski definition) is 6. The molecule has 0 atom stereocenters. The summed E-state index contributed by atoms with van der Waals surface area (Å²) in [6.07, 6.45) is 0. The summed E-state index contributed by atoms with van der Waals surface area (Å²) in [5.41, 5.74) is 1.99. The van der Waals surface area contributed by atoms with E-state index in [4.69, 9.17) is 4.74 Å². The van der Waals surface area contributed by atoms with Crippen LogP contribution in [0.3, 0.4) is 0 Å². The van der Waals surface area contributed by atoms with Gasteiger partial charge in [0.2, 0.25) is 0 Å². The van der Waals surface area contributed by atoms with Gasteiger partial charge < -0.3 is 10.1 Å². The van der Waals surface area contributed by atoms with Gasteiger partial charge in [-0.2, -0.15) is 0 Å². The molecule has 0 bridgehead atoms. The number of nitrogens with zero attached hydrogens (tertiary/aromatic N) is 2. The van der Waals surface area contributed by atoms with Gasteiger partial charge in [-0.25, -0.2) is 4.90 Å². The molecule has 0 saturated heterocycles. The zero-order valence-electron chi connectivity index (χ0n) is 19.5. The maximum atomic E-state index is 13.1. The number of nitro benzene ring substituents is 1. The first kappa shape index (κ1) is 23.4. The molecule has 0 aliphatic carbocycles. The number of non-ortho nitro benzene ring substituents is 1. The van der Waals surface area contributed by atoms with Crippen molar-refractivity contribution in [1.82, 2.24) is 0 Å². The van der Waals surface area contributed by atoms with Gasteiger partial charge in [-0.1, -0.05) is 23.8 Å². The van der Waals surface area contributed by atoms with Crippen LogP contribution in [0.5, 0.6) is 11.5 Å². The number of fused-ring (bicyclic) bond motifs is 1. The number of carbonyl (C=O) groups is 3. The van der Waals surface area contributed by atoms with Gasteiger partial charge in [0.15, 0.2) is 0 Å². The first-order valence-electron chi connectivity index (χ1n) is 11.2. The van der Waals surface area contributed by atoms with Crippen LogP contribution in [0.2, 0.25) is 0 Å². The van der Waals surface area contributed by atoms with Crippen molar-refractivity contribution in [3.63, 3.8) is 0 Å². The van der Waals surface area contributed by atoms with Crippen molar-refractivity contribution in [3.05, 3.63) is 123 Å². The second-order valence-corrected chi connectivity index (χ2v) is 8.38. The van der Waals surface area contributed by atoms with Gasteiger partial charge in [-0.05, 0) is 67.6 Å². The standard InChI is InChI=1S/C28H19N3O6/c1-17-5-10-22(11-6-17)37-23-12-8-20(9-13-23)30-27(33)24-14-7-19(16-25(24)28(30)34)29-26(32)18-3-2-4-21(15-18)31(35)36/h2-16H,1H3,(H,29,32). The average Bonchev–Trinajstić information content (AvgIpc) is 3.15. The molecule has 4 aromatic rings. The van der Waals surface area contributed by atoms with Crippen LogP contribution in [0.1, 0.15) is 36.6 Å². The molecule has 0 spiro atoms. The zero-order chi connectivity index (χ0) is 26.1. The Kier molecular flexibility index (Phi) is 5.94. The predicted molar refractivity (Wildman–Crippen MR) is 136 cm³/mol. The fourth-order valence-corrected chi connectivity index (χ4v) is 3.92. The highest BCUT2D eigenvalue weighted by molar-refractivity contribution is 6.34. The highest BCUT2D eigenvalue weighted by Gasteiger charge is 2.37. The van der Waals surface area contributed by atoms with E-state index < -0.39 is 22.6 Å². The molecule has 0 radical (unpaired) electrons. The van der Waals surface area contributed by atoms with Crippen molar-refractivity contribution < 1.29 is 24.0 Å². The molecule has 37 heavy (non-hydrogen) atoms. The monoisotopic (exact) mass is 493 g/mol. The predicted octanol–water partition coefficient (Wildman–Crippen LogP) is 5.75. The van der Waals surface area contributed by atoms with Crippen LogP contribution in [-0.2, 0) is 0 Å². The van der Waals surface area contributed by atoms with Crippen LogP contribution in [0.15, 0.2) is 91.0 Å². The average molecular weight is 493 g/mol. The molecule has 1 heterocycles. The van der Waals surface area contributed by atoms with Crippen LogP contribution in [0.25, 0.3) is 0 Å². The molecule has 182 valence electrons. The molecule has 0 saturated carbocycles. The van der Waals surface area contributed by atoms with Crippen LogP contribution in [0, 0.1) is 17.0 Å². The minimum absolute atomic E-state index is 0.0895. The molecule has 0 unspecified atom stereocenters. The van der Waals surface area contributed by atoms with Crippen molar-refractivity contribution in [2.24, 2.45) is 0 Å². The molecule has 1 aliphatic heterocycles. The summed E-state index contributed by atoms with van der Waals surface area (Å²) < 4.78 is 5.81. The molecular formula is C28H19N3O6. The Morgan fingerprint density at radius 3 is 2.16 bits per heavy atom. The number of anilines is 2. The van der Waals surface area contributed by atoms with E-state index >= 15 is 0 Å². The quantitative estimate of drug-likeness (QED) is 0.208. The van der Waals surface area contributed by atoms with Gasteiger partial charge in [0.1, 0.15) is 11.5 Å². The van der Waals surface area contributed by atoms with E-state index in [1.807, 2.05) is 31.2 Å². The molecule has 0 fully saturated rings. The van der Waals surface area contributed by atoms with E-state index in [1.165, 1.54) is 36.4 Å². The summed E-state index contributed by atoms with van der Waals surface area (Å²) in [6.45, 7) is 1.98. The van der Waals surface area contributed by atoms with Gasteiger partial charge in [0.05, 0.1) is 21.7 Å². The number of benzene rings is 4. The number of ether oxygens (including phenoxy) is 1. The van der Waals surface area contributed by atoms with Crippen LogP contribution in [-0.4, -0.2) is 22.6 Å². The number of amides is 3. The summed E-state index contributed by atoms with van der Waals surface area (Å²) in [6, 6.07) is 23.8. The number of nitro groups is 1. The molecule has 9 heteroatoms. The normalized spacial score (nSPS) is 12.3. The SMILES string of the molecule is Cc1ccc(Oc2ccc(N3C(=O)c4ccc(NC(=O)c5cccc([N+](=O)[O-])c5)cc4C3=O)cc2)cc1. The number of aryl methyl sites for hydroxylation is 1. The van der Waals surface area contributed by atoms with Crippen molar-refractivity contribution >= 4 is 34.8 Å². The molecule has 5 rings (SSSR count). The molecular weight excluding hydrogens is 474 g/mol. The summed E-state index contributed by atoms with van der Waals surface area (Å²) in [5.74, 6) is -0.377. The minimum atomic E-state index is -0.591. The van der Waals surface area contributed by atoms with E-state index in [-0.39, 0.29) is 28.1 Å². The lowest BCUT2D eigenvalue weighted by molar-refractivity contribution is -0.384. The minimum Gasteiger partial charge on any atom is -0.457 e. The highest BCUT2D eigenvalue weighted by atomic mass is 16.6. The second-order valence-electron chi connectivity index (χ2n) is 8.38. The zero-order valence-corrected chi connectivity index (χ0v) is 19.5. The van der Waals surface area contributed by atoms with Gasteiger partial charge in [0, 0.05) is 23.4 Å². The summed E-state index contributed by atoms with van der Waals surface area (Å²) in [7, 11) is 0. The Balaban J connectivity index is 1.33. The molecule has 9 nitrogen and oxygen atoms in total. The Morgan fingerprint density at radius 1 is 0.838 bits per heavy atom. The van der Waals surface area contributed by atoms with Gasteiger partial charge in [-0.15, -0.1) is 0 Å². The Hall–Kier alpha value is -5.31. The van der Waals surface area contributed by atoms with Crippen LogP contribution < -0.4 is 15.0 Å². The fourth-order valence-electron chi connectivity index (χ4n) is 3.92. The van der Waals surface area contributed by atoms with Gasteiger partial charge in [-0.3, -0.25) is 24.5 Å². The molecule has 3 amide bonds. The molecule has 1 aliphatic rings. The smallest absolute Gasteiger partial charge is 0.270 e. The van der Waals surface area contributed by atoms with Crippen LogP contribution in [0.4, 0.5) is 17.1 Å². The fraction of sp³-hybridized carbons (Fsp3) is 0.0357. The van der Waals surface area contributed by atoms with Crippen LogP contribution >= 0.6 is 0 Å². The lowest BCUT2D eigenvalue weighted by Gasteiger charge is -2.14. The van der Waals surface area contributed by atoms with Crippen molar-refractivity contribution in [2.45, 2.75) is 6.92 Å². The van der Waals surface area contributed by atoms with Crippen molar-refractivity contribution in [3.8, 4) is 11.5 Å². The van der Waals surface area contributed by atoms with E-state index in [1.54, 1.807) is 24.3 Å². The van der Waals surface area contributed by atoms with Gasteiger partial charge in [0.25, 0.3) is 23.4 Å². The number of imide groups is 1. The van der Waals surface area contributed by atoms with Crippen molar-refractivity contribution in [1.29, 1.82) is 0 Å². The Labute approximate surface area is 211 Å². The van der Waals surface area contributed by atoms with Crippen molar-refractivity contribution in [2.75, 3.05) is 10.2 Å². The summed E-state index contributed by atoms with van der Waals surface area (Å²) >= 11 is 0. The van der Waals surface area contributed by atoms with E-state index in [0.717, 1.165) is 16.5 Å². The third kappa shape index (κ3) is 4.65. The first-order chi connectivity index (χ1) is 17.8. The number of rotatable bonds is 6. The maximum Gasteiger partial charge on any atom is 0.270 e. The molecule has 1 N–H and O–H groups in total. The third-order valence-electron chi connectivity index (χ3n) is 5.82. The number of carbonyl (C=O) groups excluding carboxylic acids is 3. The first-order valence-corrected chi connectivity index (χ1v) is 11.2. The van der Waals surface area contributed by atoms with E-state index in [2.05, 4.69) is 5.32 Å². The van der Waals surface area contributed by atoms with E-state index in [9.17, 15) is 24.5 Å². The summed E-state index contributed by atoms with van der Waals surface area (Å²) in [5, 5.41) is 13.6. The van der Waals surface area contributed by atoms with Gasteiger partial charge >= 0.3 is 0 Å². The number of hydrogen-bond donors (Lipinski definition) is 1.